The van der Waals surface area contributed by atoms with Crippen LogP contribution in [0.15, 0.2) is 43.0 Å². The molecule has 3 heteroatoms. The molecule has 2 aromatic rings. The van der Waals surface area contributed by atoms with Gasteiger partial charge in [-0.1, -0.05) is 45.0 Å². The summed E-state index contributed by atoms with van der Waals surface area (Å²) in [5.41, 5.74) is 3.86. The van der Waals surface area contributed by atoms with E-state index in [0.717, 1.165) is 18.5 Å². The van der Waals surface area contributed by atoms with Crippen molar-refractivity contribution in [3.05, 3.63) is 59.7 Å². The van der Waals surface area contributed by atoms with E-state index < -0.39 is 0 Å². The first-order chi connectivity index (χ1) is 9.70. The van der Waals surface area contributed by atoms with E-state index in [0.29, 0.717) is 5.92 Å². The van der Waals surface area contributed by atoms with Crippen LogP contribution in [0.25, 0.3) is 0 Å². The van der Waals surface area contributed by atoms with Gasteiger partial charge in [0.1, 0.15) is 6.33 Å². The zero-order valence-corrected chi connectivity index (χ0v) is 12.5. The fourth-order valence-electron chi connectivity index (χ4n) is 2.32. The van der Waals surface area contributed by atoms with Crippen molar-refractivity contribution in [1.29, 1.82) is 0 Å². The number of benzene rings is 1. The first-order valence-corrected chi connectivity index (χ1v) is 7.27. The molecule has 1 heterocycles. The summed E-state index contributed by atoms with van der Waals surface area (Å²) in [7, 11) is 0. The molecule has 1 aromatic carbocycles. The highest BCUT2D eigenvalue weighted by Gasteiger charge is 2.11. The Bertz CT molecular complexity index is 506. The Kier molecular flexibility index (Phi) is 5.24. The van der Waals surface area contributed by atoms with E-state index in [-0.39, 0.29) is 6.04 Å². The van der Waals surface area contributed by atoms with Crippen molar-refractivity contribution in [1.82, 2.24) is 15.3 Å². The van der Waals surface area contributed by atoms with Gasteiger partial charge >= 0.3 is 0 Å². The Morgan fingerprint density at radius 3 is 2.20 bits per heavy atom. The molecule has 0 amide bonds. The largest absolute Gasteiger partial charge is 0.310 e. The molecule has 2 rings (SSSR count). The molecule has 0 aliphatic carbocycles. The fraction of sp³-hybridized carbons (Fsp3) is 0.412. The number of hydrogen-bond acceptors (Lipinski definition) is 3. The lowest BCUT2D eigenvalue weighted by atomic mass is 9.97. The van der Waals surface area contributed by atoms with Crippen LogP contribution in [-0.2, 0) is 6.42 Å². The molecule has 0 spiro atoms. The monoisotopic (exact) mass is 269 g/mol. The number of aromatic nitrogens is 2. The Morgan fingerprint density at radius 1 is 1.00 bits per heavy atom. The van der Waals surface area contributed by atoms with Gasteiger partial charge in [0, 0.05) is 24.0 Å². The summed E-state index contributed by atoms with van der Waals surface area (Å²) in [5.74, 6) is 0.580. The van der Waals surface area contributed by atoms with Gasteiger partial charge in [0.15, 0.2) is 0 Å². The summed E-state index contributed by atoms with van der Waals surface area (Å²) < 4.78 is 0. The highest BCUT2D eigenvalue weighted by Crippen LogP contribution is 2.20. The molecule has 0 radical (unpaired) electrons. The average Bonchev–Trinajstić information content (AvgIpc) is 2.48. The van der Waals surface area contributed by atoms with Gasteiger partial charge in [-0.3, -0.25) is 0 Å². The van der Waals surface area contributed by atoms with Crippen molar-refractivity contribution in [3.63, 3.8) is 0 Å². The zero-order chi connectivity index (χ0) is 14.4. The molecule has 0 aliphatic heterocycles. The molecule has 1 atom stereocenters. The molecule has 1 N–H and O–H groups in total. The van der Waals surface area contributed by atoms with Crippen LogP contribution >= 0.6 is 0 Å². The third-order valence-corrected chi connectivity index (χ3v) is 3.52. The van der Waals surface area contributed by atoms with Gasteiger partial charge in [0.25, 0.3) is 0 Å². The Labute approximate surface area is 121 Å². The van der Waals surface area contributed by atoms with Crippen LogP contribution in [0.3, 0.4) is 0 Å². The molecule has 3 nitrogen and oxygen atoms in total. The molecule has 0 aliphatic rings. The van der Waals surface area contributed by atoms with Crippen molar-refractivity contribution >= 4 is 0 Å². The van der Waals surface area contributed by atoms with Gasteiger partial charge in [-0.05, 0) is 30.0 Å². The summed E-state index contributed by atoms with van der Waals surface area (Å²) in [6, 6.07) is 9.17. The minimum absolute atomic E-state index is 0.270. The fourth-order valence-corrected chi connectivity index (χ4v) is 2.32. The standard InChI is InChI=1S/C17H23N3/c1-4-20-17(16-10-18-12-19-11-16)9-14-5-7-15(8-6-14)13(2)3/h5-8,10-13,17,20H,4,9H2,1-3H3. The molecule has 0 bridgehead atoms. The van der Waals surface area contributed by atoms with Crippen LogP contribution in [0.4, 0.5) is 0 Å². The van der Waals surface area contributed by atoms with Crippen molar-refractivity contribution in [2.75, 3.05) is 6.54 Å². The minimum Gasteiger partial charge on any atom is -0.310 e. The van der Waals surface area contributed by atoms with Crippen molar-refractivity contribution in [2.24, 2.45) is 0 Å². The van der Waals surface area contributed by atoms with Gasteiger partial charge in [-0.25, -0.2) is 9.97 Å². The van der Waals surface area contributed by atoms with Gasteiger partial charge < -0.3 is 5.32 Å². The highest BCUT2D eigenvalue weighted by molar-refractivity contribution is 5.26. The second-order valence-corrected chi connectivity index (χ2v) is 5.38. The lowest BCUT2D eigenvalue weighted by Crippen LogP contribution is -2.23. The smallest absolute Gasteiger partial charge is 0.115 e. The van der Waals surface area contributed by atoms with Crippen LogP contribution in [0, 0.1) is 0 Å². The van der Waals surface area contributed by atoms with E-state index in [9.17, 15) is 0 Å². The highest BCUT2D eigenvalue weighted by atomic mass is 14.9. The van der Waals surface area contributed by atoms with Crippen LogP contribution in [0.5, 0.6) is 0 Å². The minimum atomic E-state index is 0.270. The Hall–Kier alpha value is -1.74. The number of nitrogens with zero attached hydrogens (tertiary/aromatic N) is 2. The summed E-state index contributed by atoms with van der Waals surface area (Å²) in [6.45, 7) is 7.50. The van der Waals surface area contributed by atoms with Crippen LogP contribution in [0.1, 0.15) is 49.4 Å². The number of likely N-dealkylation sites (N-methyl/N-ethyl adjacent to an activating group) is 1. The lowest BCUT2D eigenvalue weighted by Gasteiger charge is -2.18. The SMILES string of the molecule is CCNC(Cc1ccc(C(C)C)cc1)c1cncnc1. The third kappa shape index (κ3) is 3.87. The summed E-state index contributed by atoms with van der Waals surface area (Å²) >= 11 is 0. The number of rotatable bonds is 6. The van der Waals surface area contributed by atoms with E-state index in [1.54, 1.807) is 6.33 Å². The zero-order valence-electron chi connectivity index (χ0n) is 12.5. The van der Waals surface area contributed by atoms with Gasteiger partial charge in [0.05, 0.1) is 0 Å². The normalized spacial score (nSPS) is 12.6. The molecule has 0 saturated carbocycles. The summed E-state index contributed by atoms with van der Waals surface area (Å²) in [4.78, 5) is 8.23. The maximum absolute atomic E-state index is 4.12. The van der Waals surface area contributed by atoms with Gasteiger partial charge in [0.2, 0.25) is 0 Å². The molecule has 20 heavy (non-hydrogen) atoms. The second-order valence-electron chi connectivity index (χ2n) is 5.38. The molecule has 0 fully saturated rings. The predicted octanol–water partition coefficient (Wildman–Crippen LogP) is 3.49. The average molecular weight is 269 g/mol. The van der Waals surface area contributed by atoms with E-state index in [4.69, 9.17) is 0 Å². The number of nitrogens with one attached hydrogen (secondary N) is 1. The van der Waals surface area contributed by atoms with Crippen LogP contribution < -0.4 is 5.32 Å². The predicted molar refractivity (Wildman–Crippen MR) is 82.7 cm³/mol. The third-order valence-electron chi connectivity index (χ3n) is 3.52. The second kappa shape index (κ2) is 7.15. The molecule has 1 aromatic heterocycles. The van der Waals surface area contributed by atoms with Crippen LogP contribution in [0.2, 0.25) is 0 Å². The molecule has 0 saturated heterocycles. The maximum atomic E-state index is 4.12. The Morgan fingerprint density at radius 2 is 1.65 bits per heavy atom. The van der Waals surface area contributed by atoms with Crippen molar-refractivity contribution < 1.29 is 0 Å². The topological polar surface area (TPSA) is 37.8 Å². The lowest BCUT2D eigenvalue weighted by molar-refractivity contribution is 0.546. The molecular formula is C17H23N3. The summed E-state index contributed by atoms with van der Waals surface area (Å²) in [6.07, 6.45) is 6.31. The van der Waals surface area contributed by atoms with Crippen molar-refractivity contribution in [3.8, 4) is 0 Å². The van der Waals surface area contributed by atoms with Gasteiger partial charge in [-0.2, -0.15) is 0 Å². The quantitative estimate of drug-likeness (QED) is 0.872. The van der Waals surface area contributed by atoms with E-state index in [1.165, 1.54) is 11.1 Å². The van der Waals surface area contributed by atoms with Gasteiger partial charge in [-0.15, -0.1) is 0 Å². The van der Waals surface area contributed by atoms with E-state index >= 15 is 0 Å². The first kappa shape index (κ1) is 14.7. The van der Waals surface area contributed by atoms with E-state index in [2.05, 4.69) is 60.3 Å². The Balaban J connectivity index is 2.12. The molecule has 1 unspecified atom stereocenters. The molecular weight excluding hydrogens is 246 g/mol. The van der Waals surface area contributed by atoms with Crippen molar-refractivity contribution in [2.45, 2.75) is 39.2 Å². The van der Waals surface area contributed by atoms with Crippen LogP contribution in [-0.4, -0.2) is 16.5 Å². The first-order valence-electron chi connectivity index (χ1n) is 7.27. The maximum Gasteiger partial charge on any atom is 0.115 e. The van der Waals surface area contributed by atoms with E-state index in [1.807, 2.05) is 12.4 Å². The summed E-state index contributed by atoms with van der Waals surface area (Å²) in [5, 5.41) is 3.50. The number of hydrogen-bond donors (Lipinski definition) is 1. The molecule has 106 valence electrons.